The molecule has 0 saturated heterocycles. The highest BCUT2D eigenvalue weighted by Gasteiger charge is 2.18. The van der Waals surface area contributed by atoms with Gasteiger partial charge in [-0.2, -0.15) is 0 Å². The summed E-state index contributed by atoms with van der Waals surface area (Å²) in [4.78, 5) is 0. The van der Waals surface area contributed by atoms with Crippen molar-refractivity contribution >= 4 is 54.4 Å². The maximum atomic E-state index is 2.43. The minimum Gasteiger partial charge on any atom is -0.309 e. The quantitative estimate of drug-likeness (QED) is 0.188. The van der Waals surface area contributed by atoms with Crippen LogP contribution >= 0.6 is 0 Å². The van der Waals surface area contributed by atoms with Crippen molar-refractivity contribution in [3.8, 4) is 33.6 Å². The molecule has 0 spiro atoms. The van der Waals surface area contributed by atoms with Crippen LogP contribution in [0.2, 0.25) is 0 Å². The lowest BCUT2D eigenvalue weighted by Gasteiger charge is -2.12. The summed E-state index contributed by atoms with van der Waals surface area (Å²) >= 11 is 0. The Balaban J connectivity index is 1.19. The molecule has 8 aromatic carbocycles. The van der Waals surface area contributed by atoms with E-state index in [1.807, 2.05) is 0 Å². The predicted molar refractivity (Wildman–Crippen MR) is 203 cm³/mol. The van der Waals surface area contributed by atoms with Crippen LogP contribution in [0, 0.1) is 0 Å². The minimum absolute atomic E-state index is 1.17. The molecule has 2 heteroatoms. The Morgan fingerprint density at radius 2 is 0.792 bits per heavy atom. The molecule has 0 bridgehead atoms. The Bertz CT molecular complexity index is 2820. The first-order chi connectivity index (χ1) is 23.8. The molecule has 0 radical (unpaired) electrons. The van der Waals surface area contributed by atoms with E-state index < -0.39 is 0 Å². The highest BCUT2D eigenvalue weighted by atomic mass is 15.0. The van der Waals surface area contributed by atoms with Crippen LogP contribution in [0.1, 0.15) is 0 Å². The standard InChI is InChI=1S/C46H30N2/c1-3-14-34(15-4-1)47-43-22-12-11-21-39(43)41-29-32(24-27-44(41)47)36-18-9-10-19-37(36)33-25-28-45-42(30-33)40-26-23-31-13-7-8-20-38(31)46(40)48(45)35-16-5-2-6-17-35/h1-30H. The number of para-hydroxylation sites is 3. The highest BCUT2D eigenvalue weighted by Crippen LogP contribution is 2.41. The molecule has 2 aromatic heterocycles. The number of rotatable bonds is 4. The fourth-order valence-corrected chi connectivity index (χ4v) is 7.78. The monoisotopic (exact) mass is 610 g/mol. The molecule has 10 aromatic rings. The van der Waals surface area contributed by atoms with Crippen molar-refractivity contribution in [2.45, 2.75) is 0 Å². The van der Waals surface area contributed by atoms with E-state index in [-0.39, 0.29) is 0 Å². The lowest BCUT2D eigenvalue weighted by atomic mass is 9.93. The molecule has 0 aliphatic rings. The van der Waals surface area contributed by atoms with E-state index in [4.69, 9.17) is 0 Å². The van der Waals surface area contributed by atoms with E-state index >= 15 is 0 Å². The summed E-state index contributed by atoms with van der Waals surface area (Å²) in [5.41, 5.74) is 12.1. The van der Waals surface area contributed by atoms with Gasteiger partial charge in [-0.1, -0.05) is 127 Å². The largest absolute Gasteiger partial charge is 0.309 e. The molecule has 0 fully saturated rings. The van der Waals surface area contributed by atoms with Gasteiger partial charge in [0.05, 0.1) is 22.1 Å². The fraction of sp³-hybridized carbons (Fsp3) is 0. The molecule has 2 heterocycles. The maximum Gasteiger partial charge on any atom is 0.0619 e. The molecular formula is C46H30N2. The Morgan fingerprint density at radius 1 is 0.292 bits per heavy atom. The van der Waals surface area contributed by atoms with E-state index in [1.54, 1.807) is 0 Å². The molecule has 0 aliphatic carbocycles. The number of benzene rings is 8. The molecule has 10 rings (SSSR count). The van der Waals surface area contributed by atoms with Crippen molar-refractivity contribution < 1.29 is 0 Å². The molecule has 0 unspecified atom stereocenters. The Morgan fingerprint density at radius 3 is 1.48 bits per heavy atom. The van der Waals surface area contributed by atoms with Crippen LogP contribution in [0.3, 0.4) is 0 Å². The number of hydrogen-bond acceptors (Lipinski definition) is 0. The van der Waals surface area contributed by atoms with Crippen LogP contribution in [0.4, 0.5) is 0 Å². The second-order valence-electron chi connectivity index (χ2n) is 12.6. The molecule has 0 aliphatic heterocycles. The van der Waals surface area contributed by atoms with Gasteiger partial charge in [0.25, 0.3) is 0 Å². The van der Waals surface area contributed by atoms with Crippen molar-refractivity contribution in [1.29, 1.82) is 0 Å². The average molecular weight is 611 g/mol. The Labute approximate surface area is 278 Å². The van der Waals surface area contributed by atoms with Gasteiger partial charge in [0.1, 0.15) is 0 Å². The molecule has 48 heavy (non-hydrogen) atoms. The van der Waals surface area contributed by atoms with Gasteiger partial charge in [-0.15, -0.1) is 0 Å². The highest BCUT2D eigenvalue weighted by molar-refractivity contribution is 6.19. The van der Waals surface area contributed by atoms with Crippen LogP contribution in [0.25, 0.3) is 88.0 Å². The molecular weight excluding hydrogens is 581 g/mol. The SMILES string of the molecule is c1ccc(-n2c3ccccc3c3cc(-c4ccccc4-c4ccc5c(c4)c4ccc6ccccc6c4n5-c4ccccc4)ccc32)cc1. The lowest BCUT2D eigenvalue weighted by Crippen LogP contribution is -1.94. The number of aromatic nitrogens is 2. The summed E-state index contributed by atoms with van der Waals surface area (Å²) in [5, 5.41) is 7.56. The van der Waals surface area contributed by atoms with Gasteiger partial charge in [-0.3, -0.25) is 0 Å². The van der Waals surface area contributed by atoms with Crippen molar-refractivity contribution in [3.63, 3.8) is 0 Å². The van der Waals surface area contributed by atoms with Crippen LogP contribution in [0.15, 0.2) is 182 Å². The normalized spacial score (nSPS) is 11.8. The lowest BCUT2D eigenvalue weighted by molar-refractivity contribution is 1.18. The minimum atomic E-state index is 1.17. The van der Waals surface area contributed by atoms with E-state index in [2.05, 4.69) is 191 Å². The third-order valence-corrected chi connectivity index (χ3v) is 9.90. The van der Waals surface area contributed by atoms with Gasteiger partial charge in [0, 0.05) is 38.3 Å². The van der Waals surface area contributed by atoms with Crippen LogP contribution in [-0.4, -0.2) is 9.13 Å². The summed E-state index contributed by atoms with van der Waals surface area (Å²) in [6, 6.07) is 66.2. The Kier molecular flexibility index (Phi) is 5.91. The molecule has 224 valence electrons. The summed E-state index contributed by atoms with van der Waals surface area (Å²) < 4.78 is 4.81. The van der Waals surface area contributed by atoms with Crippen LogP contribution in [-0.2, 0) is 0 Å². The topological polar surface area (TPSA) is 9.86 Å². The van der Waals surface area contributed by atoms with Gasteiger partial charge in [-0.05, 0) is 82.2 Å². The average Bonchev–Trinajstić information content (AvgIpc) is 3.68. The summed E-state index contributed by atoms with van der Waals surface area (Å²) in [7, 11) is 0. The summed E-state index contributed by atoms with van der Waals surface area (Å²) in [6.45, 7) is 0. The second kappa shape index (κ2) is 10.6. The zero-order valence-electron chi connectivity index (χ0n) is 26.2. The van der Waals surface area contributed by atoms with Gasteiger partial charge in [-0.25, -0.2) is 0 Å². The molecule has 2 nitrogen and oxygen atoms in total. The maximum absolute atomic E-state index is 2.43. The smallest absolute Gasteiger partial charge is 0.0619 e. The first kappa shape index (κ1) is 26.8. The predicted octanol–water partition coefficient (Wildman–Crippen LogP) is 12.4. The van der Waals surface area contributed by atoms with Crippen molar-refractivity contribution in [2.24, 2.45) is 0 Å². The van der Waals surface area contributed by atoms with Crippen LogP contribution in [0.5, 0.6) is 0 Å². The number of fused-ring (bicyclic) bond motifs is 8. The molecule has 0 atom stereocenters. The van der Waals surface area contributed by atoms with Gasteiger partial charge in [0.2, 0.25) is 0 Å². The third-order valence-electron chi connectivity index (χ3n) is 9.90. The van der Waals surface area contributed by atoms with E-state index in [0.717, 1.165) is 0 Å². The van der Waals surface area contributed by atoms with Gasteiger partial charge < -0.3 is 9.13 Å². The fourth-order valence-electron chi connectivity index (χ4n) is 7.78. The summed E-state index contributed by atoms with van der Waals surface area (Å²) in [5.74, 6) is 0. The first-order valence-electron chi connectivity index (χ1n) is 16.5. The second-order valence-corrected chi connectivity index (χ2v) is 12.6. The third kappa shape index (κ3) is 4.00. The zero-order chi connectivity index (χ0) is 31.6. The number of nitrogens with zero attached hydrogens (tertiary/aromatic N) is 2. The van der Waals surface area contributed by atoms with Gasteiger partial charge >= 0.3 is 0 Å². The molecule has 0 saturated carbocycles. The van der Waals surface area contributed by atoms with Crippen LogP contribution < -0.4 is 0 Å². The van der Waals surface area contributed by atoms with E-state index in [0.29, 0.717) is 0 Å². The first-order valence-corrected chi connectivity index (χ1v) is 16.5. The van der Waals surface area contributed by atoms with Crippen molar-refractivity contribution in [2.75, 3.05) is 0 Å². The molecule has 0 N–H and O–H groups in total. The van der Waals surface area contributed by atoms with Crippen molar-refractivity contribution in [3.05, 3.63) is 182 Å². The zero-order valence-corrected chi connectivity index (χ0v) is 26.2. The number of hydrogen-bond donors (Lipinski definition) is 0. The van der Waals surface area contributed by atoms with Crippen molar-refractivity contribution in [1.82, 2.24) is 9.13 Å². The summed E-state index contributed by atoms with van der Waals surface area (Å²) in [6.07, 6.45) is 0. The van der Waals surface area contributed by atoms with E-state index in [9.17, 15) is 0 Å². The molecule has 0 amide bonds. The van der Waals surface area contributed by atoms with E-state index in [1.165, 1.54) is 88.0 Å². The van der Waals surface area contributed by atoms with Gasteiger partial charge in [0.15, 0.2) is 0 Å². The Hall–Kier alpha value is -6.38.